The summed E-state index contributed by atoms with van der Waals surface area (Å²) in [5.41, 5.74) is 1.27. The number of amides is 1. The third-order valence-corrected chi connectivity index (χ3v) is 3.25. The van der Waals surface area contributed by atoms with E-state index in [1.54, 1.807) is 18.5 Å². The first-order chi connectivity index (χ1) is 10.6. The summed E-state index contributed by atoms with van der Waals surface area (Å²) in [7, 11) is 0. The van der Waals surface area contributed by atoms with E-state index in [1.165, 1.54) is 22.8 Å². The van der Waals surface area contributed by atoms with Crippen LogP contribution in [0.3, 0.4) is 0 Å². The molecule has 1 aromatic carbocycles. The molecular formula is C15H13FN4O2. The zero-order chi connectivity index (χ0) is 15.5. The Morgan fingerprint density at radius 3 is 3.00 bits per heavy atom. The second-order valence-electron chi connectivity index (χ2n) is 4.82. The Labute approximate surface area is 124 Å². The Kier molecular flexibility index (Phi) is 3.69. The van der Waals surface area contributed by atoms with Gasteiger partial charge in [-0.3, -0.25) is 14.3 Å². The molecule has 0 radical (unpaired) electrons. The zero-order valence-electron chi connectivity index (χ0n) is 11.5. The fourth-order valence-corrected chi connectivity index (χ4v) is 2.20. The summed E-state index contributed by atoms with van der Waals surface area (Å²) in [6.07, 6.45) is 3.30. The van der Waals surface area contributed by atoms with Gasteiger partial charge >= 0.3 is 5.69 Å². The first-order valence-electron chi connectivity index (χ1n) is 6.67. The van der Waals surface area contributed by atoms with Gasteiger partial charge in [0.2, 0.25) is 5.91 Å². The second kappa shape index (κ2) is 5.80. The second-order valence-corrected chi connectivity index (χ2v) is 4.82. The molecule has 0 unspecified atom stereocenters. The Hall–Kier alpha value is -2.96. The standard InChI is InChI=1S/C15H13FN4O2/c16-11-3-4-13-12(6-11)19-15(22)20(13)9-14(21)18-8-10-2-1-5-17-7-10/h1-7H,8-9H2,(H,18,21)(H,19,22). The molecule has 0 atom stereocenters. The fraction of sp³-hybridized carbons (Fsp3) is 0.133. The number of nitrogens with zero attached hydrogens (tertiary/aromatic N) is 2. The number of nitrogens with one attached hydrogen (secondary N) is 2. The maximum absolute atomic E-state index is 13.1. The fourth-order valence-electron chi connectivity index (χ4n) is 2.20. The molecule has 6 nitrogen and oxygen atoms in total. The molecule has 0 aliphatic heterocycles. The lowest BCUT2D eigenvalue weighted by Crippen LogP contribution is -2.31. The summed E-state index contributed by atoms with van der Waals surface area (Å²) in [4.78, 5) is 30.3. The van der Waals surface area contributed by atoms with E-state index in [0.29, 0.717) is 17.6 Å². The molecule has 7 heteroatoms. The van der Waals surface area contributed by atoms with Crippen LogP contribution in [0.5, 0.6) is 0 Å². The van der Waals surface area contributed by atoms with Gasteiger partial charge in [0, 0.05) is 18.9 Å². The lowest BCUT2D eigenvalue weighted by molar-refractivity contribution is -0.121. The Balaban J connectivity index is 1.74. The predicted molar refractivity (Wildman–Crippen MR) is 78.6 cm³/mol. The highest BCUT2D eigenvalue weighted by atomic mass is 19.1. The van der Waals surface area contributed by atoms with E-state index >= 15 is 0 Å². The lowest BCUT2D eigenvalue weighted by atomic mass is 10.3. The van der Waals surface area contributed by atoms with Crippen LogP contribution in [0.15, 0.2) is 47.5 Å². The smallest absolute Gasteiger partial charge is 0.326 e. The normalized spacial score (nSPS) is 10.8. The first-order valence-corrected chi connectivity index (χ1v) is 6.67. The highest BCUT2D eigenvalue weighted by Gasteiger charge is 2.11. The number of imidazole rings is 1. The van der Waals surface area contributed by atoms with E-state index in [1.807, 2.05) is 6.07 Å². The van der Waals surface area contributed by atoms with Crippen LogP contribution in [0.2, 0.25) is 0 Å². The number of carbonyl (C=O) groups excluding carboxylic acids is 1. The molecule has 22 heavy (non-hydrogen) atoms. The van der Waals surface area contributed by atoms with Crippen molar-refractivity contribution < 1.29 is 9.18 Å². The van der Waals surface area contributed by atoms with Crippen molar-refractivity contribution in [1.82, 2.24) is 19.9 Å². The van der Waals surface area contributed by atoms with Crippen molar-refractivity contribution in [2.45, 2.75) is 13.1 Å². The molecule has 0 saturated heterocycles. The highest BCUT2D eigenvalue weighted by Crippen LogP contribution is 2.11. The Bertz CT molecular complexity index is 870. The number of aromatic nitrogens is 3. The van der Waals surface area contributed by atoms with Crippen LogP contribution in [0.1, 0.15) is 5.56 Å². The van der Waals surface area contributed by atoms with Gasteiger partial charge in [0.15, 0.2) is 0 Å². The van der Waals surface area contributed by atoms with E-state index in [0.717, 1.165) is 5.56 Å². The van der Waals surface area contributed by atoms with Crippen molar-refractivity contribution in [3.8, 4) is 0 Å². The number of hydrogen-bond acceptors (Lipinski definition) is 3. The average molecular weight is 300 g/mol. The summed E-state index contributed by atoms with van der Waals surface area (Å²) in [5.74, 6) is -0.752. The lowest BCUT2D eigenvalue weighted by Gasteiger charge is -2.06. The number of rotatable bonds is 4. The highest BCUT2D eigenvalue weighted by molar-refractivity contribution is 5.80. The number of hydrogen-bond donors (Lipinski definition) is 2. The number of carbonyl (C=O) groups is 1. The molecule has 1 amide bonds. The number of fused-ring (bicyclic) bond motifs is 1. The maximum atomic E-state index is 13.1. The molecule has 2 N–H and O–H groups in total. The van der Waals surface area contributed by atoms with Crippen LogP contribution >= 0.6 is 0 Å². The molecule has 0 saturated carbocycles. The summed E-state index contributed by atoms with van der Waals surface area (Å²) in [5, 5.41) is 2.71. The number of halogens is 1. The van der Waals surface area contributed by atoms with Gasteiger partial charge in [-0.15, -0.1) is 0 Å². The number of benzene rings is 1. The minimum atomic E-state index is -0.447. The van der Waals surface area contributed by atoms with Crippen molar-refractivity contribution in [3.05, 3.63) is 64.6 Å². The van der Waals surface area contributed by atoms with Crippen molar-refractivity contribution in [3.63, 3.8) is 0 Å². The van der Waals surface area contributed by atoms with Crippen LogP contribution in [0.25, 0.3) is 11.0 Å². The minimum absolute atomic E-state index is 0.134. The van der Waals surface area contributed by atoms with Gasteiger partial charge < -0.3 is 10.3 Å². The van der Waals surface area contributed by atoms with Crippen molar-refractivity contribution in [1.29, 1.82) is 0 Å². The molecule has 112 valence electrons. The first kappa shape index (κ1) is 14.0. The van der Waals surface area contributed by atoms with Gasteiger partial charge in [-0.05, 0) is 29.8 Å². The molecule has 3 rings (SSSR count). The van der Waals surface area contributed by atoms with Gasteiger partial charge in [0.1, 0.15) is 12.4 Å². The summed E-state index contributed by atoms with van der Waals surface area (Å²) >= 11 is 0. The van der Waals surface area contributed by atoms with E-state index in [-0.39, 0.29) is 12.5 Å². The largest absolute Gasteiger partial charge is 0.350 e. The number of pyridine rings is 1. The molecule has 0 fully saturated rings. The summed E-state index contributed by atoms with van der Waals surface area (Å²) in [6, 6.07) is 7.56. The molecule has 0 bridgehead atoms. The predicted octanol–water partition coefficient (Wildman–Crippen LogP) is 1.18. The third-order valence-electron chi connectivity index (χ3n) is 3.25. The van der Waals surface area contributed by atoms with Gasteiger partial charge in [0.25, 0.3) is 0 Å². The maximum Gasteiger partial charge on any atom is 0.326 e. The minimum Gasteiger partial charge on any atom is -0.350 e. The topological polar surface area (TPSA) is 79.8 Å². The molecule has 2 heterocycles. The van der Waals surface area contributed by atoms with Gasteiger partial charge in [0.05, 0.1) is 11.0 Å². The summed E-state index contributed by atoms with van der Waals surface area (Å²) < 4.78 is 14.4. The van der Waals surface area contributed by atoms with Crippen LogP contribution in [-0.4, -0.2) is 20.4 Å². The molecule has 0 aliphatic rings. The van der Waals surface area contributed by atoms with Crippen molar-refractivity contribution in [2.24, 2.45) is 0 Å². The molecule has 3 aromatic rings. The third kappa shape index (κ3) is 2.88. The van der Waals surface area contributed by atoms with Gasteiger partial charge in [-0.2, -0.15) is 0 Å². The molecule has 0 spiro atoms. The van der Waals surface area contributed by atoms with E-state index in [9.17, 15) is 14.0 Å². The Morgan fingerprint density at radius 1 is 1.36 bits per heavy atom. The molecular weight excluding hydrogens is 287 g/mol. The quantitative estimate of drug-likeness (QED) is 0.759. The van der Waals surface area contributed by atoms with Crippen molar-refractivity contribution in [2.75, 3.05) is 0 Å². The average Bonchev–Trinajstić information content (AvgIpc) is 2.81. The van der Waals surface area contributed by atoms with E-state index in [4.69, 9.17) is 0 Å². The molecule has 2 aromatic heterocycles. The Morgan fingerprint density at radius 2 is 2.23 bits per heavy atom. The van der Waals surface area contributed by atoms with E-state index < -0.39 is 11.5 Å². The van der Waals surface area contributed by atoms with Crippen LogP contribution in [0.4, 0.5) is 4.39 Å². The SMILES string of the molecule is O=C(Cn1c(=O)[nH]c2cc(F)ccc21)NCc1cccnc1. The van der Waals surface area contributed by atoms with Crippen molar-refractivity contribution >= 4 is 16.9 Å². The van der Waals surface area contributed by atoms with Crippen LogP contribution in [-0.2, 0) is 17.9 Å². The zero-order valence-corrected chi connectivity index (χ0v) is 11.5. The molecule has 0 aliphatic carbocycles. The number of aromatic amines is 1. The van der Waals surface area contributed by atoms with Gasteiger partial charge in [-0.1, -0.05) is 6.07 Å². The van der Waals surface area contributed by atoms with Crippen LogP contribution < -0.4 is 11.0 Å². The monoisotopic (exact) mass is 300 g/mol. The van der Waals surface area contributed by atoms with Crippen LogP contribution in [0, 0.1) is 5.82 Å². The van der Waals surface area contributed by atoms with Gasteiger partial charge in [-0.25, -0.2) is 9.18 Å². The summed E-state index contributed by atoms with van der Waals surface area (Å²) in [6.45, 7) is 0.198. The number of H-pyrrole nitrogens is 1. The van der Waals surface area contributed by atoms with E-state index in [2.05, 4.69) is 15.3 Å².